The summed E-state index contributed by atoms with van der Waals surface area (Å²) >= 11 is 0. The van der Waals surface area contributed by atoms with Crippen molar-refractivity contribution >= 4 is 17.7 Å². The molecule has 0 aromatic heterocycles. The molecule has 1 heterocycles. The molecule has 2 aromatic rings. The molecule has 1 aliphatic heterocycles. The molecule has 0 spiro atoms. The maximum Gasteiger partial charge on any atom is 0.410 e. The summed E-state index contributed by atoms with van der Waals surface area (Å²) in [4.78, 5) is 26.5. The maximum absolute atomic E-state index is 12.8. The Hall–Kier alpha value is -2.82. The van der Waals surface area contributed by atoms with Crippen LogP contribution in [0.4, 0.5) is 10.5 Å². The van der Waals surface area contributed by atoms with Gasteiger partial charge in [-0.3, -0.25) is 4.79 Å². The Morgan fingerprint density at radius 3 is 2.50 bits per heavy atom. The smallest absolute Gasteiger partial charge is 0.410 e. The zero-order chi connectivity index (χ0) is 21.9. The number of carbonyl (C=O) groups excluding carboxylic acids is 2. The first-order valence-electron chi connectivity index (χ1n) is 10.5. The standard InChI is InChI=1S/C25H32N2O3/c1-24(2,3)30-23(29)27(5)15-9-14-25(4)17-20-16-19(18-10-7-6-8-11-18)12-13-21(20)26-22(25)28/h6-8,10-13,16H,9,14-15,17H2,1-5H3,(H,26,28). The molecule has 2 amide bonds. The fraction of sp³-hybridized carbons (Fsp3) is 0.440. The number of rotatable bonds is 5. The first kappa shape index (κ1) is 21.9. The van der Waals surface area contributed by atoms with Gasteiger partial charge in [0.05, 0.1) is 5.41 Å². The molecule has 30 heavy (non-hydrogen) atoms. The number of benzene rings is 2. The Morgan fingerprint density at radius 1 is 1.13 bits per heavy atom. The van der Waals surface area contributed by atoms with E-state index in [-0.39, 0.29) is 12.0 Å². The highest BCUT2D eigenvalue weighted by atomic mass is 16.6. The molecule has 0 saturated heterocycles. The fourth-order valence-corrected chi connectivity index (χ4v) is 3.79. The summed E-state index contributed by atoms with van der Waals surface area (Å²) in [6, 6.07) is 16.5. The normalized spacial score (nSPS) is 18.4. The van der Waals surface area contributed by atoms with E-state index in [0.29, 0.717) is 19.4 Å². The van der Waals surface area contributed by atoms with Crippen LogP contribution in [0.25, 0.3) is 11.1 Å². The lowest BCUT2D eigenvalue weighted by Crippen LogP contribution is -2.40. The summed E-state index contributed by atoms with van der Waals surface area (Å²) in [6.07, 6.45) is 1.78. The lowest BCUT2D eigenvalue weighted by atomic mass is 9.75. The van der Waals surface area contributed by atoms with Crippen molar-refractivity contribution < 1.29 is 14.3 Å². The van der Waals surface area contributed by atoms with E-state index in [1.807, 2.05) is 58.0 Å². The van der Waals surface area contributed by atoms with Crippen molar-refractivity contribution in [3.63, 3.8) is 0 Å². The van der Waals surface area contributed by atoms with Crippen LogP contribution in [0.1, 0.15) is 46.1 Å². The predicted molar refractivity (Wildman–Crippen MR) is 120 cm³/mol. The summed E-state index contributed by atoms with van der Waals surface area (Å²) < 4.78 is 5.40. The highest BCUT2D eigenvalue weighted by Crippen LogP contribution is 2.38. The van der Waals surface area contributed by atoms with E-state index in [0.717, 1.165) is 28.8 Å². The summed E-state index contributed by atoms with van der Waals surface area (Å²) in [5, 5.41) is 3.08. The van der Waals surface area contributed by atoms with E-state index >= 15 is 0 Å². The molecular formula is C25H32N2O3. The first-order chi connectivity index (χ1) is 14.1. The van der Waals surface area contributed by atoms with Gasteiger partial charge in [0, 0.05) is 19.3 Å². The van der Waals surface area contributed by atoms with E-state index in [9.17, 15) is 9.59 Å². The van der Waals surface area contributed by atoms with Gasteiger partial charge in [0.15, 0.2) is 0 Å². The van der Waals surface area contributed by atoms with Crippen LogP contribution in [0.3, 0.4) is 0 Å². The summed E-state index contributed by atoms with van der Waals surface area (Å²) in [7, 11) is 1.73. The van der Waals surface area contributed by atoms with E-state index < -0.39 is 11.0 Å². The predicted octanol–water partition coefficient (Wildman–Crippen LogP) is 5.50. The lowest BCUT2D eigenvalue weighted by Gasteiger charge is -2.34. The number of nitrogens with one attached hydrogen (secondary N) is 1. The Balaban J connectivity index is 1.66. The van der Waals surface area contributed by atoms with Gasteiger partial charge < -0.3 is 15.0 Å². The molecule has 1 aliphatic rings. The number of amides is 2. The maximum atomic E-state index is 12.8. The molecule has 1 N–H and O–H groups in total. The molecule has 160 valence electrons. The minimum absolute atomic E-state index is 0.0439. The highest BCUT2D eigenvalue weighted by molar-refractivity contribution is 5.98. The molecule has 1 unspecified atom stereocenters. The summed E-state index contributed by atoms with van der Waals surface area (Å²) in [5.74, 6) is 0.0439. The summed E-state index contributed by atoms with van der Waals surface area (Å²) in [6.45, 7) is 8.12. The van der Waals surface area contributed by atoms with Gasteiger partial charge in [-0.05, 0) is 68.9 Å². The van der Waals surface area contributed by atoms with Gasteiger partial charge in [-0.2, -0.15) is 0 Å². The van der Waals surface area contributed by atoms with Crippen LogP contribution in [0.5, 0.6) is 0 Å². The quantitative estimate of drug-likeness (QED) is 0.710. The Morgan fingerprint density at radius 2 is 1.83 bits per heavy atom. The van der Waals surface area contributed by atoms with E-state index in [1.54, 1.807) is 11.9 Å². The number of hydrogen-bond donors (Lipinski definition) is 1. The van der Waals surface area contributed by atoms with Crippen molar-refractivity contribution in [2.45, 2.75) is 52.6 Å². The topological polar surface area (TPSA) is 58.6 Å². The van der Waals surface area contributed by atoms with Gasteiger partial charge in [0.1, 0.15) is 5.60 Å². The van der Waals surface area contributed by atoms with Gasteiger partial charge in [-0.15, -0.1) is 0 Å². The Labute approximate surface area is 179 Å². The van der Waals surface area contributed by atoms with Crippen LogP contribution in [-0.2, 0) is 16.0 Å². The summed E-state index contributed by atoms with van der Waals surface area (Å²) in [5.41, 5.74) is 3.34. The van der Waals surface area contributed by atoms with Gasteiger partial charge in [-0.1, -0.05) is 43.3 Å². The molecule has 5 nitrogen and oxygen atoms in total. The van der Waals surface area contributed by atoms with Crippen LogP contribution in [0.2, 0.25) is 0 Å². The van der Waals surface area contributed by atoms with Gasteiger partial charge >= 0.3 is 6.09 Å². The first-order valence-corrected chi connectivity index (χ1v) is 10.5. The highest BCUT2D eigenvalue weighted by Gasteiger charge is 2.37. The van der Waals surface area contributed by atoms with Crippen LogP contribution < -0.4 is 5.32 Å². The number of carbonyl (C=O) groups is 2. The van der Waals surface area contributed by atoms with E-state index in [4.69, 9.17) is 4.74 Å². The zero-order valence-electron chi connectivity index (χ0n) is 18.6. The Kier molecular flexibility index (Phi) is 6.20. The van der Waals surface area contributed by atoms with Crippen LogP contribution in [-0.4, -0.2) is 36.1 Å². The van der Waals surface area contributed by atoms with Crippen molar-refractivity contribution in [3.8, 4) is 11.1 Å². The van der Waals surface area contributed by atoms with Crippen molar-refractivity contribution in [1.29, 1.82) is 0 Å². The van der Waals surface area contributed by atoms with Crippen LogP contribution >= 0.6 is 0 Å². The van der Waals surface area contributed by atoms with Gasteiger partial charge in [0.2, 0.25) is 5.91 Å². The number of anilines is 1. The average Bonchev–Trinajstić information content (AvgIpc) is 2.68. The third-order valence-electron chi connectivity index (χ3n) is 5.52. The van der Waals surface area contributed by atoms with Crippen LogP contribution in [0, 0.1) is 5.41 Å². The number of ether oxygens (including phenoxy) is 1. The third kappa shape index (κ3) is 5.21. The number of nitrogens with zero attached hydrogens (tertiary/aromatic N) is 1. The zero-order valence-corrected chi connectivity index (χ0v) is 18.6. The molecule has 0 saturated carbocycles. The molecule has 1 atom stereocenters. The number of hydrogen-bond acceptors (Lipinski definition) is 3. The molecule has 5 heteroatoms. The van der Waals surface area contributed by atoms with Gasteiger partial charge in [-0.25, -0.2) is 4.79 Å². The second-order valence-corrected chi connectivity index (χ2v) is 9.43. The minimum atomic E-state index is -0.513. The monoisotopic (exact) mass is 408 g/mol. The molecular weight excluding hydrogens is 376 g/mol. The van der Waals surface area contributed by atoms with Crippen molar-refractivity contribution in [2.75, 3.05) is 18.9 Å². The van der Waals surface area contributed by atoms with Crippen LogP contribution in [0.15, 0.2) is 48.5 Å². The third-order valence-corrected chi connectivity index (χ3v) is 5.52. The van der Waals surface area contributed by atoms with E-state index in [2.05, 4.69) is 23.5 Å². The van der Waals surface area contributed by atoms with E-state index in [1.165, 1.54) is 0 Å². The largest absolute Gasteiger partial charge is 0.444 e. The molecule has 0 aliphatic carbocycles. The minimum Gasteiger partial charge on any atom is -0.444 e. The molecule has 3 rings (SSSR count). The Bertz CT molecular complexity index is 918. The lowest BCUT2D eigenvalue weighted by molar-refractivity contribution is -0.125. The second-order valence-electron chi connectivity index (χ2n) is 9.43. The second kappa shape index (κ2) is 8.50. The molecule has 2 aromatic carbocycles. The van der Waals surface area contributed by atoms with Crippen molar-refractivity contribution in [2.24, 2.45) is 5.41 Å². The molecule has 0 bridgehead atoms. The fourth-order valence-electron chi connectivity index (χ4n) is 3.79. The molecule has 0 radical (unpaired) electrons. The van der Waals surface area contributed by atoms with Gasteiger partial charge in [0.25, 0.3) is 0 Å². The van der Waals surface area contributed by atoms with Crippen molar-refractivity contribution in [3.05, 3.63) is 54.1 Å². The number of fused-ring (bicyclic) bond motifs is 1. The SMILES string of the molecule is CN(CCCC1(C)Cc2cc(-c3ccccc3)ccc2NC1=O)C(=O)OC(C)(C)C. The average molecular weight is 409 g/mol. The molecule has 0 fully saturated rings. The van der Waals surface area contributed by atoms with Crippen molar-refractivity contribution in [1.82, 2.24) is 4.90 Å².